The van der Waals surface area contributed by atoms with Gasteiger partial charge in [-0.2, -0.15) is 5.10 Å². The highest BCUT2D eigenvalue weighted by Crippen LogP contribution is 2.20. The number of para-hydroxylation sites is 2. The Balaban J connectivity index is 1.42. The van der Waals surface area contributed by atoms with E-state index in [1.54, 1.807) is 4.68 Å². The van der Waals surface area contributed by atoms with E-state index in [-0.39, 0.29) is 12.5 Å². The van der Waals surface area contributed by atoms with E-state index in [0.717, 1.165) is 22.2 Å². The highest BCUT2D eigenvalue weighted by Gasteiger charge is 2.10. The zero-order chi connectivity index (χ0) is 20.8. The number of fused-ring (bicyclic) bond motifs is 1. The first-order valence-electron chi connectivity index (χ1n) is 9.58. The first-order chi connectivity index (χ1) is 14.7. The van der Waals surface area contributed by atoms with Crippen molar-refractivity contribution in [1.29, 1.82) is 0 Å². The first kappa shape index (κ1) is 19.3. The topological polar surface area (TPSA) is 81.4 Å². The van der Waals surface area contributed by atoms with Crippen LogP contribution in [0.3, 0.4) is 0 Å². The summed E-state index contributed by atoms with van der Waals surface area (Å²) in [5.41, 5.74) is 6.68. The number of aromatic nitrogens is 3. The molecule has 0 saturated carbocycles. The minimum absolute atomic E-state index is 0.0312. The van der Waals surface area contributed by atoms with E-state index in [1.807, 2.05) is 85.8 Å². The molecule has 7 heteroatoms. The summed E-state index contributed by atoms with van der Waals surface area (Å²) < 4.78 is 7.52. The third-order valence-corrected chi connectivity index (χ3v) is 4.58. The van der Waals surface area contributed by atoms with Gasteiger partial charge in [0.25, 0.3) is 5.91 Å². The number of nitrogens with one attached hydrogen (secondary N) is 1. The lowest BCUT2D eigenvalue weighted by molar-refractivity contribution is -0.121. The molecule has 0 saturated heterocycles. The Bertz CT molecular complexity index is 1180. The molecule has 0 unspecified atom stereocenters. The fraction of sp³-hybridized carbons (Fsp3) is 0.130. The number of ether oxygens (including phenoxy) is 1. The molecule has 0 aliphatic rings. The lowest BCUT2D eigenvalue weighted by Crippen LogP contribution is -2.25. The van der Waals surface area contributed by atoms with E-state index in [0.29, 0.717) is 18.1 Å². The molecule has 4 aromatic rings. The van der Waals surface area contributed by atoms with Gasteiger partial charge in [-0.15, -0.1) is 5.10 Å². The normalized spacial score (nSPS) is 11.4. The van der Waals surface area contributed by atoms with Crippen molar-refractivity contribution >= 4 is 22.7 Å². The molecule has 1 N–H and O–H groups in total. The fourth-order valence-corrected chi connectivity index (χ4v) is 3.04. The van der Waals surface area contributed by atoms with Crippen LogP contribution >= 0.6 is 0 Å². The number of hydrogen-bond acceptors (Lipinski definition) is 5. The number of carbonyl (C=O) groups is 1. The molecule has 0 aliphatic heterocycles. The van der Waals surface area contributed by atoms with Crippen molar-refractivity contribution in [3.05, 3.63) is 90.0 Å². The molecular weight excluding hydrogens is 378 g/mol. The van der Waals surface area contributed by atoms with Crippen LogP contribution in [0.5, 0.6) is 5.75 Å². The molecule has 0 aliphatic carbocycles. The van der Waals surface area contributed by atoms with Gasteiger partial charge in [0.15, 0.2) is 0 Å². The average molecular weight is 399 g/mol. The Kier molecular flexibility index (Phi) is 5.80. The Hall–Kier alpha value is -4.00. The van der Waals surface area contributed by atoms with Crippen molar-refractivity contribution in [3.63, 3.8) is 0 Å². The predicted octanol–water partition coefficient (Wildman–Crippen LogP) is 3.55. The van der Waals surface area contributed by atoms with Crippen molar-refractivity contribution < 1.29 is 9.53 Å². The van der Waals surface area contributed by atoms with Gasteiger partial charge in [-0.25, -0.2) is 10.1 Å². The van der Waals surface area contributed by atoms with Gasteiger partial charge in [0.05, 0.1) is 11.2 Å². The SMILES string of the molecule is C/C(=N/NC(=O)Cn1nnc2ccccc21)c1ccccc1OCc1ccccc1. The lowest BCUT2D eigenvalue weighted by atomic mass is 10.1. The Morgan fingerprint density at radius 1 is 1.00 bits per heavy atom. The second-order valence-corrected chi connectivity index (χ2v) is 6.74. The highest BCUT2D eigenvalue weighted by atomic mass is 16.5. The molecule has 0 atom stereocenters. The molecule has 150 valence electrons. The summed E-state index contributed by atoms with van der Waals surface area (Å²) in [6.07, 6.45) is 0. The van der Waals surface area contributed by atoms with Crippen molar-refractivity contribution in [2.45, 2.75) is 20.1 Å². The van der Waals surface area contributed by atoms with Gasteiger partial charge < -0.3 is 4.74 Å². The van der Waals surface area contributed by atoms with E-state index >= 15 is 0 Å². The van der Waals surface area contributed by atoms with Crippen LogP contribution in [0.1, 0.15) is 18.1 Å². The fourth-order valence-electron chi connectivity index (χ4n) is 3.04. The average Bonchev–Trinajstić information content (AvgIpc) is 3.20. The summed E-state index contributed by atoms with van der Waals surface area (Å²) in [6, 6.07) is 25.1. The van der Waals surface area contributed by atoms with E-state index < -0.39 is 0 Å². The monoisotopic (exact) mass is 399 g/mol. The second-order valence-electron chi connectivity index (χ2n) is 6.74. The number of benzene rings is 3. The molecule has 1 amide bonds. The smallest absolute Gasteiger partial charge is 0.261 e. The molecule has 0 bridgehead atoms. The summed E-state index contributed by atoms with van der Waals surface area (Å²) >= 11 is 0. The quantitative estimate of drug-likeness (QED) is 0.381. The van der Waals surface area contributed by atoms with Crippen molar-refractivity contribution in [2.75, 3.05) is 0 Å². The highest BCUT2D eigenvalue weighted by molar-refractivity contribution is 6.01. The number of nitrogens with zero attached hydrogens (tertiary/aromatic N) is 4. The maximum atomic E-state index is 12.3. The Labute approximate surface area is 174 Å². The maximum Gasteiger partial charge on any atom is 0.261 e. The predicted molar refractivity (Wildman–Crippen MR) is 115 cm³/mol. The standard InChI is InChI=1S/C23H21N5O2/c1-17(19-11-5-8-14-22(19)30-16-18-9-3-2-4-10-18)24-26-23(29)15-28-21-13-7-6-12-20(21)25-27-28/h2-14H,15-16H2,1H3,(H,26,29)/b24-17-. The van der Waals surface area contributed by atoms with Crippen LogP contribution in [-0.2, 0) is 17.9 Å². The van der Waals surface area contributed by atoms with Gasteiger partial charge in [0.2, 0.25) is 0 Å². The Morgan fingerprint density at radius 2 is 1.73 bits per heavy atom. The number of hydrazone groups is 1. The largest absolute Gasteiger partial charge is 0.488 e. The summed E-state index contributed by atoms with van der Waals surface area (Å²) in [7, 11) is 0. The molecule has 30 heavy (non-hydrogen) atoms. The molecular formula is C23H21N5O2. The van der Waals surface area contributed by atoms with E-state index in [9.17, 15) is 4.79 Å². The number of amides is 1. The van der Waals surface area contributed by atoms with Crippen LogP contribution in [0, 0.1) is 0 Å². The molecule has 1 heterocycles. The zero-order valence-corrected chi connectivity index (χ0v) is 16.5. The molecule has 7 nitrogen and oxygen atoms in total. The van der Waals surface area contributed by atoms with Crippen molar-refractivity contribution in [2.24, 2.45) is 5.10 Å². The first-order valence-corrected chi connectivity index (χ1v) is 9.58. The molecule has 1 aromatic heterocycles. The van der Waals surface area contributed by atoms with Crippen LogP contribution in [0.15, 0.2) is 84.0 Å². The van der Waals surface area contributed by atoms with Gasteiger partial charge >= 0.3 is 0 Å². The summed E-state index contributed by atoms with van der Waals surface area (Å²) in [6.45, 7) is 2.32. The number of hydrogen-bond donors (Lipinski definition) is 1. The van der Waals surface area contributed by atoms with Crippen LogP contribution in [0.2, 0.25) is 0 Å². The lowest BCUT2D eigenvalue weighted by Gasteiger charge is -2.11. The molecule has 0 spiro atoms. The third kappa shape index (κ3) is 4.52. The maximum absolute atomic E-state index is 12.3. The van der Waals surface area contributed by atoms with Gasteiger partial charge in [-0.1, -0.05) is 59.8 Å². The Morgan fingerprint density at radius 3 is 2.60 bits per heavy atom. The van der Waals surface area contributed by atoms with E-state index in [4.69, 9.17) is 4.74 Å². The van der Waals surface area contributed by atoms with Crippen molar-refractivity contribution in [3.8, 4) is 5.75 Å². The van der Waals surface area contributed by atoms with Crippen molar-refractivity contribution in [1.82, 2.24) is 20.4 Å². The number of rotatable bonds is 7. The van der Waals surface area contributed by atoms with E-state index in [1.165, 1.54) is 0 Å². The van der Waals surface area contributed by atoms with Crippen LogP contribution in [-0.4, -0.2) is 26.6 Å². The van der Waals surface area contributed by atoms with Crippen LogP contribution in [0.4, 0.5) is 0 Å². The summed E-state index contributed by atoms with van der Waals surface area (Å²) in [4.78, 5) is 12.3. The van der Waals surface area contributed by atoms with Crippen LogP contribution in [0.25, 0.3) is 11.0 Å². The minimum Gasteiger partial charge on any atom is -0.488 e. The molecule has 4 rings (SSSR count). The third-order valence-electron chi connectivity index (χ3n) is 4.58. The molecule has 0 radical (unpaired) electrons. The zero-order valence-electron chi connectivity index (χ0n) is 16.5. The summed E-state index contributed by atoms with van der Waals surface area (Å²) in [5, 5.41) is 12.3. The second kappa shape index (κ2) is 9.00. The minimum atomic E-state index is -0.285. The van der Waals surface area contributed by atoms with Gasteiger partial charge in [0.1, 0.15) is 24.4 Å². The number of carbonyl (C=O) groups excluding carboxylic acids is 1. The molecule has 3 aromatic carbocycles. The molecule has 0 fully saturated rings. The van der Waals surface area contributed by atoms with E-state index in [2.05, 4.69) is 20.8 Å². The van der Waals surface area contributed by atoms with Crippen LogP contribution < -0.4 is 10.2 Å². The summed E-state index contributed by atoms with van der Waals surface area (Å²) in [5.74, 6) is 0.423. The van der Waals surface area contributed by atoms with Gasteiger partial charge in [-0.3, -0.25) is 4.79 Å². The van der Waals surface area contributed by atoms with Gasteiger partial charge in [-0.05, 0) is 36.8 Å². The van der Waals surface area contributed by atoms with Gasteiger partial charge in [0, 0.05) is 5.56 Å².